The maximum absolute atomic E-state index is 12.0. The zero-order chi connectivity index (χ0) is 17.8. The maximum Gasteiger partial charge on any atom is 0.325 e. The molecule has 1 aromatic heterocycles. The summed E-state index contributed by atoms with van der Waals surface area (Å²) in [5.41, 5.74) is 1.42. The SMILES string of the molecule is CC(C)C(=O)Oc1ccc2nc(NC(=O)Nc3ccccc3)sc2c1. The number of esters is 1. The number of hydrogen-bond acceptors (Lipinski definition) is 5. The summed E-state index contributed by atoms with van der Waals surface area (Å²) in [4.78, 5) is 28.0. The number of nitrogens with zero attached hydrogens (tertiary/aromatic N) is 1. The molecule has 1 heterocycles. The molecule has 0 aliphatic carbocycles. The second kappa shape index (κ2) is 7.31. The third-order valence-corrected chi connectivity index (χ3v) is 4.24. The minimum Gasteiger partial charge on any atom is -0.426 e. The Labute approximate surface area is 148 Å². The Morgan fingerprint density at radius 1 is 1.08 bits per heavy atom. The van der Waals surface area contributed by atoms with Gasteiger partial charge in [0.25, 0.3) is 0 Å². The number of ether oxygens (including phenoxy) is 1. The number of amides is 2. The molecule has 0 unspecified atom stereocenters. The van der Waals surface area contributed by atoms with Crippen molar-refractivity contribution < 1.29 is 14.3 Å². The quantitative estimate of drug-likeness (QED) is 0.533. The fourth-order valence-corrected chi connectivity index (χ4v) is 2.93. The molecule has 0 spiro atoms. The van der Waals surface area contributed by atoms with Crippen molar-refractivity contribution >= 4 is 44.4 Å². The van der Waals surface area contributed by atoms with Crippen molar-refractivity contribution in [3.05, 3.63) is 48.5 Å². The summed E-state index contributed by atoms with van der Waals surface area (Å²) in [6.45, 7) is 3.56. The number of aromatic nitrogens is 1. The third-order valence-electron chi connectivity index (χ3n) is 3.30. The lowest BCUT2D eigenvalue weighted by atomic mass is 10.2. The van der Waals surface area contributed by atoms with Crippen LogP contribution < -0.4 is 15.4 Å². The summed E-state index contributed by atoms with van der Waals surface area (Å²) in [6.07, 6.45) is 0. The Morgan fingerprint density at radius 2 is 1.84 bits per heavy atom. The van der Waals surface area contributed by atoms with Gasteiger partial charge in [-0.2, -0.15) is 0 Å². The van der Waals surface area contributed by atoms with Crippen LogP contribution in [-0.4, -0.2) is 17.0 Å². The molecule has 3 rings (SSSR count). The number of para-hydroxylation sites is 1. The number of urea groups is 1. The topological polar surface area (TPSA) is 80.3 Å². The Bertz CT molecular complexity index is 906. The largest absolute Gasteiger partial charge is 0.426 e. The van der Waals surface area contributed by atoms with Crippen LogP contribution in [0.1, 0.15) is 13.8 Å². The van der Waals surface area contributed by atoms with Crippen molar-refractivity contribution in [1.82, 2.24) is 4.98 Å². The Balaban J connectivity index is 1.70. The van der Waals surface area contributed by atoms with E-state index in [-0.39, 0.29) is 17.9 Å². The summed E-state index contributed by atoms with van der Waals surface area (Å²) >= 11 is 1.31. The number of thiazole rings is 1. The Hall–Kier alpha value is -2.93. The number of anilines is 2. The molecule has 7 heteroatoms. The number of fused-ring (bicyclic) bond motifs is 1. The van der Waals surface area contributed by atoms with Crippen LogP contribution in [0.4, 0.5) is 15.6 Å². The van der Waals surface area contributed by atoms with E-state index in [2.05, 4.69) is 15.6 Å². The summed E-state index contributed by atoms with van der Waals surface area (Å²) in [5, 5.41) is 5.91. The van der Waals surface area contributed by atoms with Crippen LogP contribution in [0, 0.1) is 5.92 Å². The number of nitrogens with one attached hydrogen (secondary N) is 2. The molecule has 128 valence electrons. The molecule has 0 aliphatic heterocycles. The van der Waals surface area contributed by atoms with Crippen molar-refractivity contribution in [1.29, 1.82) is 0 Å². The smallest absolute Gasteiger partial charge is 0.325 e. The van der Waals surface area contributed by atoms with Gasteiger partial charge in [0.15, 0.2) is 5.13 Å². The van der Waals surface area contributed by atoms with E-state index in [4.69, 9.17) is 4.74 Å². The fraction of sp³-hybridized carbons (Fsp3) is 0.167. The van der Waals surface area contributed by atoms with Gasteiger partial charge in [-0.3, -0.25) is 10.1 Å². The Kier molecular flexibility index (Phi) is 4.95. The van der Waals surface area contributed by atoms with Crippen LogP contribution in [0.5, 0.6) is 5.75 Å². The van der Waals surface area contributed by atoms with Gasteiger partial charge in [-0.15, -0.1) is 0 Å². The molecule has 6 nitrogen and oxygen atoms in total. The zero-order valence-corrected chi connectivity index (χ0v) is 14.6. The monoisotopic (exact) mass is 355 g/mol. The molecule has 2 N–H and O–H groups in total. The van der Waals surface area contributed by atoms with Crippen LogP contribution in [0.25, 0.3) is 10.2 Å². The lowest BCUT2D eigenvalue weighted by molar-refractivity contribution is -0.137. The summed E-state index contributed by atoms with van der Waals surface area (Å²) in [6, 6.07) is 14.0. The molecule has 0 fully saturated rings. The van der Waals surface area contributed by atoms with Gasteiger partial charge < -0.3 is 10.1 Å². The number of benzene rings is 2. The zero-order valence-electron chi connectivity index (χ0n) is 13.8. The summed E-state index contributed by atoms with van der Waals surface area (Å²) in [5.74, 6) is -0.0179. The van der Waals surface area contributed by atoms with Crippen molar-refractivity contribution in [2.45, 2.75) is 13.8 Å². The highest BCUT2D eigenvalue weighted by Crippen LogP contribution is 2.29. The van der Waals surface area contributed by atoms with E-state index in [0.717, 1.165) is 10.2 Å². The Morgan fingerprint density at radius 3 is 2.56 bits per heavy atom. The van der Waals surface area contributed by atoms with E-state index in [9.17, 15) is 9.59 Å². The average molecular weight is 355 g/mol. The van der Waals surface area contributed by atoms with Gasteiger partial charge in [-0.1, -0.05) is 43.4 Å². The van der Waals surface area contributed by atoms with Gasteiger partial charge in [-0.25, -0.2) is 9.78 Å². The molecule has 0 saturated carbocycles. The predicted molar refractivity (Wildman–Crippen MR) is 99.2 cm³/mol. The first-order valence-electron chi connectivity index (χ1n) is 7.76. The highest BCUT2D eigenvalue weighted by molar-refractivity contribution is 7.22. The van der Waals surface area contributed by atoms with Crippen molar-refractivity contribution in [2.24, 2.45) is 5.92 Å². The first kappa shape index (κ1) is 16.9. The molecule has 0 radical (unpaired) electrons. The van der Waals surface area contributed by atoms with E-state index < -0.39 is 0 Å². The van der Waals surface area contributed by atoms with E-state index in [1.807, 2.05) is 18.2 Å². The highest BCUT2D eigenvalue weighted by atomic mass is 32.1. The summed E-state index contributed by atoms with van der Waals surface area (Å²) < 4.78 is 6.12. The minimum absolute atomic E-state index is 0.198. The van der Waals surface area contributed by atoms with E-state index in [0.29, 0.717) is 16.6 Å². The number of hydrogen-bond donors (Lipinski definition) is 2. The lowest BCUT2D eigenvalue weighted by Crippen LogP contribution is -2.19. The number of carbonyl (C=O) groups excluding carboxylic acids is 2. The molecule has 0 atom stereocenters. The van der Waals surface area contributed by atoms with E-state index in [1.54, 1.807) is 44.2 Å². The van der Waals surface area contributed by atoms with Crippen molar-refractivity contribution in [3.8, 4) is 5.75 Å². The fourth-order valence-electron chi connectivity index (χ4n) is 2.04. The van der Waals surface area contributed by atoms with Gasteiger partial charge in [0.2, 0.25) is 0 Å². The second-order valence-electron chi connectivity index (χ2n) is 5.67. The number of rotatable bonds is 4. The van der Waals surface area contributed by atoms with Gasteiger partial charge in [0.05, 0.1) is 16.1 Å². The lowest BCUT2D eigenvalue weighted by Gasteiger charge is -2.05. The van der Waals surface area contributed by atoms with Crippen molar-refractivity contribution in [2.75, 3.05) is 10.6 Å². The van der Waals surface area contributed by atoms with Crippen LogP contribution in [0.15, 0.2) is 48.5 Å². The minimum atomic E-state index is -0.364. The predicted octanol–water partition coefficient (Wildman–Crippen LogP) is 4.50. The van der Waals surface area contributed by atoms with Gasteiger partial charge in [0.1, 0.15) is 5.75 Å². The number of carbonyl (C=O) groups is 2. The first-order chi connectivity index (χ1) is 12.0. The van der Waals surface area contributed by atoms with Crippen LogP contribution in [-0.2, 0) is 4.79 Å². The molecule has 3 aromatic rings. The third kappa shape index (κ3) is 4.33. The second-order valence-corrected chi connectivity index (χ2v) is 6.70. The highest BCUT2D eigenvalue weighted by Gasteiger charge is 2.12. The van der Waals surface area contributed by atoms with Crippen LogP contribution in [0.2, 0.25) is 0 Å². The molecule has 0 aliphatic rings. The maximum atomic E-state index is 12.0. The van der Waals surface area contributed by atoms with Gasteiger partial charge in [0, 0.05) is 11.8 Å². The first-order valence-corrected chi connectivity index (χ1v) is 8.58. The molecule has 0 saturated heterocycles. The molecule has 2 aromatic carbocycles. The summed E-state index contributed by atoms with van der Waals surface area (Å²) in [7, 11) is 0. The average Bonchev–Trinajstić information content (AvgIpc) is 2.96. The van der Waals surface area contributed by atoms with Gasteiger partial charge in [-0.05, 0) is 24.3 Å². The molecule has 2 amide bonds. The van der Waals surface area contributed by atoms with Gasteiger partial charge >= 0.3 is 12.0 Å². The normalized spacial score (nSPS) is 10.7. The van der Waals surface area contributed by atoms with E-state index >= 15 is 0 Å². The van der Waals surface area contributed by atoms with Crippen LogP contribution >= 0.6 is 11.3 Å². The molecule has 25 heavy (non-hydrogen) atoms. The van der Waals surface area contributed by atoms with E-state index in [1.165, 1.54) is 11.3 Å². The standard InChI is InChI=1S/C18H17N3O3S/c1-11(2)16(22)24-13-8-9-14-15(10-13)25-18(20-14)21-17(23)19-12-6-4-3-5-7-12/h3-11H,1-2H3,(H2,19,20,21,23). The molecule has 0 bridgehead atoms. The molecular weight excluding hydrogens is 338 g/mol. The van der Waals surface area contributed by atoms with Crippen LogP contribution in [0.3, 0.4) is 0 Å². The molecular formula is C18H17N3O3S. The van der Waals surface area contributed by atoms with Crippen molar-refractivity contribution in [3.63, 3.8) is 0 Å².